The van der Waals surface area contributed by atoms with Crippen molar-refractivity contribution < 1.29 is 8.48 Å². The molecular weight excluding hydrogens is 215 g/mol. The van der Waals surface area contributed by atoms with Crippen LogP contribution >= 0.6 is 0 Å². The number of hydrogen-bond acceptors (Lipinski definition) is 2. The summed E-state index contributed by atoms with van der Waals surface area (Å²) in [5.74, 6) is 3.08. The molecule has 0 aromatic heterocycles. The van der Waals surface area contributed by atoms with Crippen LogP contribution in [0, 0.1) is 12.3 Å². The molecule has 0 unspecified atom stereocenters. The molecule has 0 bridgehead atoms. The van der Waals surface area contributed by atoms with E-state index in [1.54, 1.807) is 24.3 Å². The molecular formula is C9H7AsO2. The number of hydrogen-bond donors (Lipinski definition) is 0. The van der Waals surface area contributed by atoms with Crippen LogP contribution in [-0.4, -0.2) is 22.3 Å². The zero-order chi connectivity index (χ0) is 8.81. The predicted molar refractivity (Wildman–Crippen MR) is 46.8 cm³/mol. The molecule has 0 spiro atoms. The molecule has 0 amide bonds. The molecule has 0 saturated carbocycles. The molecule has 0 fully saturated rings. The summed E-state index contributed by atoms with van der Waals surface area (Å²) < 4.78 is 16.5. The van der Waals surface area contributed by atoms with Gasteiger partial charge in [-0.1, -0.05) is 0 Å². The van der Waals surface area contributed by atoms with E-state index in [2.05, 4.69) is 5.92 Å². The number of benzene rings is 1. The van der Waals surface area contributed by atoms with Crippen LogP contribution in [0.1, 0.15) is 0 Å². The van der Waals surface area contributed by atoms with E-state index in [0.29, 0.717) is 5.75 Å². The third-order valence-electron chi connectivity index (χ3n) is 1.26. The normalized spacial score (nSPS) is 9.25. The Morgan fingerprint density at radius 2 is 2.08 bits per heavy atom. The summed E-state index contributed by atoms with van der Waals surface area (Å²) in [4.78, 5) is 0. The van der Waals surface area contributed by atoms with Gasteiger partial charge in [-0.2, -0.15) is 0 Å². The molecule has 60 valence electrons. The van der Waals surface area contributed by atoms with E-state index in [1.807, 2.05) is 0 Å². The van der Waals surface area contributed by atoms with E-state index in [9.17, 15) is 3.74 Å². The van der Waals surface area contributed by atoms with Crippen molar-refractivity contribution in [1.82, 2.24) is 0 Å². The van der Waals surface area contributed by atoms with Crippen molar-refractivity contribution in [2.24, 2.45) is 0 Å². The van der Waals surface area contributed by atoms with Crippen molar-refractivity contribution in [1.29, 1.82) is 0 Å². The van der Waals surface area contributed by atoms with Gasteiger partial charge in [-0.15, -0.1) is 0 Å². The summed E-state index contributed by atoms with van der Waals surface area (Å²) >= 11 is -0.935. The summed E-state index contributed by atoms with van der Waals surface area (Å²) in [7, 11) is 0. The summed E-state index contributed by atoms with van der Waals surface area (Å²) in [6.07, 6.45) is 5.01. The van der Waals surface area contributed by atoms with E-state index in [1.165, 1.54) is 0 Å². The maximum atomic E-state index is 10.5. The Morgan fingerprint density at radius 3 is 2.58 bits per heavy atom. The summed E-state index contributed by atoms with van der Waals surface area (Å²) in [5.41, 5.74) is 0. The van der Waals surface area contributed by atoms with Crippen LogP contribution in [-0.2, 0) is 3.74 Å². The average molecular weight is 222 g/mol. The first-order valence-corrected chi connectivity index (χ1v) is 5.07. The molecule has 3 heteroatoms. The first kappa shape index (κ1) is 9.03. The van der Waals surface area contributed by atoms with Gasteiger partial charge in [0, 0.05) is 0 Å². The Hall–Kier alpha value is -1.06. The third-order valence-corrected chi connectivity index (χ3v) is 2.33. The van der Waals surface area contributed by atoms with Gasteiger partial charge in [0.05, 0.1) is 0 Å². The zero-order valence-electron chi connectivity index (χ0n) is 6.36. The van der Waals surface area contributed by atoms with Crippen molar-refractivity contribution >= 4 is 20.0 Å². The van der Waals surface area contributed by atoms with E-state index in [4.69, 9.17) is 11.2 Å². The summed E-state index contributed by atoms with van der Waals surface area (Å²) in [5, 5.41) is 0. The van der Waals surface area contributed by atoms with Crippen molar-refractivity contribution in [2.75, 3.05) is 6.61 Å². The monoisotopic (exact) mass is 222 g/mol. The van der Waals surface area contributed by atoms with Crippen LogP contribution in [0.5, 0.6) is 5.75 Å². The van der Waals surface area contributed by atoms with Crippen molar-refractivity contribution in [3.05, 3.63) is 24.3 Å². The minimum absolute atomic E-state index is 0.268. The molecule has 0 heterocycles. The molecule has 1 rings (SSSR count). The second kappa shape index (κ2) is 4.74. The van der Waals surface area contributed by atoms with Crippen molar-refractivity contribution in [3.63, 3.8) is 0 Å². The van der Waals surface area contributed by atoms with Crippen molar-refractivity contribution in [2.45, 2.75) is 0 Å². The topological polar surface area (TPSA) is 26.3 Å². The molecule has 0 aliphatic carbocycles. The van der Waals surface area contributed by atoms with Gasteiger partial charge in [0.2, 0.25) is 0 Å². The molecule has 0 atom stereocenters. The van der Waals surface area contributed by atoms with E-state index < -0.39 is 15.7 Å². The maximum absolute atomic E-state index is 10.5. The van der Waals surface area contributed by atoms with Crippen molar-refractivity contribution in [3.8, 4) is 18.1 Å². The standard InChI is InChI=1S/C9H7AsO2/c1-2-7-12-9-5-3-8(10-11)4-6-9/h1,3-6H,7H2. The first-order valence-electron chi connectivity index (χ1n) is 3.36. The molecule has 2 nitrogen and oxygen atoms in total. The molecule has 1 aromatic carbocycles. The van der Waals surface area contributed by atoms with Gasteiger partial charge in [-0.05, 0) is 0 Å². The molecule has 0 radical (unpaired) electrons. The number of ether oxygens (including phenoxy) is 1. The Morgan fingerprint density at radius 1 is 1.42 bits per heavy atom. The zero-order valence-corrected chi connectivity index (χ0v) is 8.23. The third kappa shape index (κ3) is 2.52. The molecule has 0 N–H and O–H groups in total. The quantitative estimate of drug-likeness (QED) is 0.545. The van der Waals surface area contributed by atoms with Gasteiger partial charge in [-0.3, -0.25) is 0 Å². The Balaban J connectivity index is 2.66. The molecule has 0 saturated heterocycles. The van der Waals surface area contributed by atoms with Gasteiger partial charge in [-0.25, -0.2) is 0 Å². The van der Waals surface area contributed by atoms with E-state index in [-0.39, 0.29) is 6.61 Å². The van der Waals surface area contributed by atoms with E-state index in [0.717, 1.165) is 4.35 Å². The average Bonchev–Trinajstić information content (AvgIpc) is 2.15. The second-order valence-electron chi connectivity index (χ2n) is 2.08. The molecule has 0 aliphatic rings. The Bertz CT molecular complexity index is 297. The number of rotatable bonds is 3. The molecule has 12 heavy (non-hydrogen) atoms. The Kier molecular flexibility index (Phi) is 3.57. The van der Waals surface area contributed by atoms with Gasteiger partial charge >= 0.3 is 77.5 Å². The van der Waals surface area contributed by atoms with Crippen LogP contribution in [0.25, 0.3) is 0 Å². The minimum atomic E-state index is -0.935. The fourth-order valence-corrected chi connectivity index (χ4v) is 1.30. The predicted octanol–water partition coefficient (Wildman–Crippen LogP) is 0.374. The first-order chi connectivity index (χ1) is 5.86. The van der Waals surface area contributed by atoms with Gasteiger partial charge in [0.25, 0.3) is 0 Å². The SMILES string of the molecule is C#CCOc1ccc([As]=O)cc1. The summed E-state index contributed by atoms with van der Waals surface area (Å²) in [6, 6.07) is 7.08. The van der Waals surface area contributed by atoms with Crippen LogP contribution in [0.4, 0.5) is 0 Å². The van der Waals surface area contributed by atoms with Crippen LogP contribution in [0.3, 0.4) is 0 Å². The van der Waals surface area contributed by atoms with Crippen LogP contribution in [0.2, 0.25) is 0 Å². The van der Waals surface area contributed by atoms with Gasteiger partial charge < -0.3 is 0 Å². The van der Waals surface area contributed by atoms with Gasteiger partial charge in [0.1, 0.15) is 0 Å². The molecule has 0 aliphatic heterocycles. The van der Waals surface area contributed by atoms with Crippen LogP contribution in [0.15, 0.2) is 24.3 Å². The molecule has 1 aromatic rings. The fraction of sp³-hybridized carbons (Fsp3) is 0.111. The Labute approximate surface area is 77.8 Å². The number of terminal acetylenes is 1. The van der Waals surface area contributed by atoms with Gasteiger partial charge in [0.15, 0.2) is 0 Å². The second-order valence-corrected chi connectivity index (χ2v) is 3.54. The fourth-order valence-electron chi connectivity index (χ4n) is 0.728. The summed E-state index contributed by atoms with van der Waals surface area (Å²) in [6.45, 7) is 0.268. The van der Waals surface area contributed by atoms with E-state index >= 15 is 0 Å². The van der Waals surface area contributed by atoms with Crippen LogP contribution < -0.4 is 9.09 Å².